The van der Waals surface area contributed by atoms with Gasteiger partial charge in [0.1, 0.15) is 0 Å². The van der Waals surface area contributed by atoms with Crippen LogP contribution in [0.1, 0.15) is 37.8 Å². The number of unbranched alkanes of at least 4 members (excludes halogenated alkanes) is 1. The Bertz CT molecular complexity index is 349. The Labute approximate surface area is 126 Å². The molecule has 1 rings (SSSR count). The molecular formula is C12H18Br2ClNO. The summed E-state index contributed by atoms with van der Waals surface area (Å²) in [5.74, 6) is 0. The molecule has 3 N–H and O–H groups in total. The Kier molecular flexibility index (Phi) is 8.68. The molecule has 0 saturated carbocycles. The first kappa shape index (κ1) is 17.4. The molecule has 0 saturated heterocycles. The van der Waals surface area contributed by atoms with Crippen molar-refractivity contribution >= 4 is 44.3 Å². The van der Waals surface area contributed by atoms with E-state index in [1.807, 2.05) is 18.2 Å². The molecule has 0 spiro atoms. The minimum Gasteiger partial charge on any atom is -0.391 e. The van der Waals surface area contributed by atoms with E-state index in [1.165, 1.54) is 0 Å². The highest BCUT2D eigenvalue weighted by Crippen LogP contribution is 2.28. The predicted octanol–water partition coefficient (Wildman–Crippen LogP) is 4.18. The zero-order chi connectivity index (χ0) is 12.1. The maximum atomic E-state index is 9.96. The Balaban J connectivity index is 0.00000256. The van der Waals surface area contributed by atoms with Crippen molar-refractivity contribution in [3.8, 4) is 0 Å². The predicted molar refractivity (Wildman–Crippen MR) is 81.6 cm³/mol. The third-order valence-corrected chi connectivity index (χ3v) is 3.80. The second kappa shape index (κ2) is 8.48. The van der Waals surface area contributed by atoms with Crippen molar-refractivity contribution in [3.63, 3.8) is 0 Å². The Morgan fingerprint density at radius 3 is 2.59 bits per heavy atom. The number of nitrogens with two attached hydrogens (primary N) is 1. The van der Waals surface area contributed by atoms with Crippen molar-refractivity contribution < 1.29 is 5.11 Å². The second-order valence-corrected chi connectivity index (χ2v) is 5.67. The normalized spacial score (nSPS) is 13.9. The molecule has 5 heteroatoms. The summed E-state index contributed by atoms with van der Waals surface area (Å²) < 4.78 is 1.92. The molecule has 0 amide bonds. The monoisotopic (exact) mass is 385 g/mol. The molecule has 0 heterocycles. The smallest absolute Gasteiger partial charge is 0.0733 e. The van der Waals surface area contributed by atoms with E-state index in [4.69, 9.17) is 5.73 Å². The number of rotatable bonds is 5. The fraction of sp³-hybridized carbons (Fsp3) is 0.500. The van der Waals surface area contributed by atoms with Gasteiger partial charge in [0.05, 0.1) is 12.1 Å². The summed E-state index contributed by atoms with van der Waals surface area (Å²) in [5.41, 5.74) is 6.99. The summed E-state index contributed by atoms with van der Waals surface area (Å²) >= 11 is 6.86. The molecule has 0 fully saturated rings. The lowest BCUT2D eigenvalue weighted by molar-refractivity contribution is 0.132. The summed E-state index contributed by atoms with van der Waals surface area (Å²) in [7, 11) is 0. The standard InChI is InChI=1S/C12H17Br2NO.ClH/c1-2-3-4-11(16)12(15)9-7-8(13)5-6-10(9)14;/h5-7,11-12,16H,2-4,15H2,1H3;1H/t11-,12+;/m0./s1. The van der Waals surface area contributed by atoms with Gasteiger partial charge in [-0.2, -0.15) is 0 Å². The zero-order valence-corrected chi connectivity index (χ0v) is 13.7. The first-order valence-corrected chi connectivity index (χ1v) is 7.03. The molecule has 1 aromatic carbocycles. The van der Waals surface area contributed by atoms with Crippen LogP contribution in [0, 0.1) is 0 Å². The Hall–Kier alpha value is 0.390. The highest BCUT2D eigenvalue weighted by atomic mass is 79.9. The van der Waals surface area contributed by atoms with Gasteiger partial charge in [-0.15, -0.1) is 12.4 Å². The van der Waals surface area contributed by atoms with E-state index in [1.54, 1.807) is 0 Å². The van der Waals surface area contributed by atoms with Gasteiger partial charge in [0.2, 0.25) is 0 Å². The van der Waals surface area contributed by atoms with E-state index < -0.39 is 6.10 Å². The topological polar surface area (TPSA) is 46.2 Å². The van der Waals surface area contributed by atoms with Crippen molar-refractivity contribution in [1.29, 1.82) is 0 Å². The van der Waals surface area contributed by atoms with Crippen LogP contribution in [0.2, 0.25) is 0 Å². The summed E-state index contributed by atoms with van der Waals surface area (Å²) in [4.78, 5) is 0. The van der Waals surface area contributed by atoms with Gasteiger partial charge in [-0.05, 0) is 30.2 Å². The molecular weight excluding hydrogens is 369 g/mol. The van der Waals surface area contributed by atoms with Crippen LogP contribution in [0.3, 0.4) is 0 Å². The molecule has 0 aromatic heterocycles. The first-order valence-electron chi connectivity index (χ1n) is 5.44. The molecule has 2 nitrogen and oxygen atoms in total. The summed E-state index contributed by atoms with van der Waals surface area (Å²) in [6.07, 6.45) is 2.34. The van der Waals surface area contributed by atoms with Crippen LogP contribution in [0.5, 0.6) is 0 Å². The van der Waals surface area contributed by atoms with Crippen LogP contribution >= 0.6 is 44.3 Å². The zero-order valence-electron chi connectivity index (χ0n) is 9.70. The van der Waals surface area contributed by atoms with Gasteiger partial charge in [0.15, 0.2) is 0 Å². The van der Waals surface area contributed by atoms with Crippen LogP contribution in [-0.2, 0) is 0 Å². The molecule has 0 radical (unpaired) electrons. The lowest BCUT2D eigenvalue weighted by Gasteiger charge is -2.20. The molecule has 0 aliphatic carbocycles. The second-order valence-electron chi connectivity index (χ2n) is 3.90. The fourth-order valence-electron chi connectivity index (χ4n) is 1.57. The fourth-order valence-corrected chi connectivity index (χ4v) is 2.46. The van der Waals surface area contributed by atoms with Crippen LogP contribution in [0.25, 0.3) is 0 Å². The minimum atomic E-state index is -0.481. The number of aliphatic hydroxyl groups excluding tert-OH is 1. The van der Waals surface area contributed by atoms with Crippen LogP contribution < -0.4 is 5.73 Å². The maximum Gasteiger partial charge on any atom is 0.0733 e. The highest BCUT2D eigenvalue weighted by Gasteiger charge is 2.18. The average Bonchev–Trinajstić information content (AvgIpc) is 2.28. The van der Waals surface area contributed by atoms with E-state index in [9.17, 15) is 5.11 Å². The van der Waals surface area contributed by atoms with Gasteiger partial charge in [0, 0.05) is 8.95 Å². The summed E-state index contributed by atoms with van der Waals surface area (Å²) in [6, 6.07) is 5.49. The Morgan fingerprint density at radius 1 is 1.35 bits per heavy atom. The molecule has 98 valence electrons. The van der Waals surface area contributed by atoms with Crippen molar-refractivity contribution in [2.75, 3.05) is 0 Å². The van der Waals surface area contributed by atoms with Crippen molar-refractivity contribution in [3.05, 3.63) is 32.7 Å². The molecule has 2 atom stereocenters. The third-order valence-electron chi connectivity index (χ3n) is 2.59. The van der Waals surface area contributed by atoms with Gasteiger partial charge >= 0.3 is 0 Å². The first-order chi connectivity index (χ1) is 7.56. The number of aliphatic hydroxyl groups is 1. The molecule has 0 aliphatic rings. The minimum absolute atomic E-state index is 0. The van der Waals surface area contributed by atoms with E-state index in [0.29, 0.717) is 0 Å². The van der Waals surface area contributed by atoms with Crippen molar-refractivity contribution in [2.24, 2.45) is 5.73 Å². The third kappa shape index (κ3) is 5.26. The van der Waals surface area contributed by atoms with Crippen LogP contribution in [0.4, 0.5) is 0 Å². The average molecular weight is 388 g/mol. The number of halogens is 3. The van der Waals surface area contributed by atoms with Gasteiger partial charge in [-0.3, -0.25) is 0 Å². The van der Waals surface area contributed by atoms with Gasteiger partial charge in [-0.1, -0.05) is 51.6 Å². The largest absolute Gasteiger partial charge is 0.391 e. The molecule has 1 aromatic rings. The molecule has 0 bridgehead atoms. The number of hydrogen-bond donors (Lipinski definition) is 2. The highest BCUT2D eigenvalue weighted by molar-refractivity contribution is 9.11. The van der Waals surface area contributed by atoms with Crippen molar-refractivity contribution in [2.45, 2.75) is 38.3 Å². The van der Waals surface area contributed by atoms with E-state index in [-0.39, 0.29) is 18.4 Å². The van der Waals surface area contributed by atoms with Crippen LogP contribution in [-0.4, -0.2) is 11.2 Å². The van der Waals surface area contributed by atoms with Crippen LogP contribution in [0.15, 0.2) is 27.1 Å². The van der Waals surface area contributed by atoms with Crippen molar-refractivity contribution in [1.82, 2.24) is 0 Å². The summed E-state index contributed by atoms with van der Waals surface area (Å²) in [5, 5.41) is 9.96. The molecule has 0 unspecified atom stereocenters. The van der Waals surface area contributed by atoms with Gasteiger partial charge in [0.25, 0.3) is 0 Å². The van der Waals surface area contributed by atoms with E-state index >= 15 is 0 Å². The number of hydrogen-bond acceptors (Lipinski definition) is 2. The quantitative estimate of drug-likeness (QED) is 0.796. The lowest BCUT2D eigenvalue weighted by Crippen LogP contribution is -2.26. The number of benzene rings is 1. The lowest BCUT2D eigenvalue weighted by atomic mass is 9.98. The van der Waals surface area contributed by atoms with Gasteiger partial charge < -0.3 is 10.8 Å². The summed E-state index contributed by atoms with van der Waals surface area (Å²) in [6.45, 7) is 2.10. The van der Waals surface area contributed by atoms with E-state index in [2.05, 4.69) is 38.8 Å². The SMILES string of the molecule is CCCC[C@H](O)[C@H](N)c1cc(Br)ccc1Br.Cl. The molecule has 0 aliphatic heterocycles. The molecule has 17 heavy (non-hydrogen) atoms. The maximum absolute atomic E-state index is 9.96. The Morgan fingerprint density at radius 2 is 2.00 bits per heavy atom. The van der Waals surface area contributed by atoms with E-state index in [0.717, 1.165) is 33.8 Å². The van der Waals surface area contributed by atoms with Gasteiger partial charge in [-0.25, -0.2) is 0 Å².